The first kappa shape index (κ1) is 27.2. The van der Waals surface area contributed by atoms with Crippen molar-refractivity contribution in [3.05, 3.63) is 75.3 Å². The van der Waals surface area contributed by atoms with Crippen LogP contribution in [-0.2, 0) is 16.4 Å². The first-order valence-corrected chi connectivity index (χ1v) is 13.9. The molecule has 1 heterocycles. The number of hydrogen-bond donors (Lipinski definition) is 4. The van der Waals surface area contributed by atoms with Crippen molar-refractivity contribution in [3.8, 4) is 16.9 Å². The van der Waals surface area contributed by atoms with Crippen LogP contribution in [0.25, 0.3) is 11.1 Å². The standard InChI is InChI=1S/C26H28Cl2N4O4S/c1-14-19-6-4-16(12-17(19)10-11-30-14)21-13-18(5-9-23(21)37(29,34)35)32-26(33)31-15(2)20-7-8-22(36-3)25(28)24(20)27/h4-9,12-15,30H,10-11H2,1-3H3,(H2,29,34,35)(H2,31,32,33). The molecule has 0 bridgehead atoms. The maximum absolute atomic E-state index is 12.8. The van der Waals surface area contributed by atoms with Gasteiger partial charge in [-0.3, -0.25) is 0 Å². The van der Waals surface area contributed by atoms with Crippen molar-refractivity contribution in [1.82, 2.24) is 10.6 Å². The first-order valence-electron chi connectivity index (χ1n) is 11.6. The van der Waals surface area contributed by atoms with Crippen molar-refractivity contribution in [2.75, 3.05) is 19.0 Å². The van der Waals surface area contributed by atoms with E-state index >= 15 is 0 Å². The van der Waals surface area contributed by atoms with Gasteiger partial charge >= 0.3 is 6.03 Å². The summed E-state index contributed by atoms with van der Waals surface area (Å²) in [6.45, 7) is 4.69. The smallest absolute Gasteiger partial charge is 0.319 e. The summed E-state index contributed by atoms with van der Waals surface area (Å²) in [6.07, 6.45) is 0.828. The van der Waals surface area contributed by atoms with E-state index in [2.05, 4.69) is 22.9 Å². The highest BCUT2D eigenvalue weighted by molar-refractivity contribution is 7.89. The number of nitrogens with two attached hydrogens (primary N) is 1. The molecule has 8 nitrogen and oxygen atoms in total. The quantitative estimate of drug-likeness (QED) is 0.320. The number of methoxy groups -OCH3 is 1. The molecule has 0 aromatic heterocycles. The van der Waals surface area contributed by atoms with E-state index in [0.29, 0.717) is 28.1 Å². The van der Waals surface area contributed by atoms with Gasteiger partial charge in [-0.05, 0) is 73.3 Å². The fraction of sp³-hybridized carbons (Fsp3) is 0.269. The van der Waals surface area contributed by atoms with Crippen LogP contribution < -0.4 is 25.8 Å². The summed E-state index contributed by atoms with van der Waals surface area (Å²) in [5.74, 6) is 0.433. The Bertz CT molecular complexity index is 1460. The van der Waals surface area contributed by atoms with Gasteiger partial charge in [-0.2, -0.15) is 0 Å². The van der Waals surface area contributed by atoms with E-state index in [0.717, 1.165) is 18.5 Å². The maximum atomic E-state index is 12.8. The number of benzene rings is 3. The molecule has 4 rings (SSSR count). The Labute approximate surface area is 226 Å². The monoisotopic (exact) mass is 562 g/mol. The minimum absolute atomic E-state index is 0.0200. The van der Waals surface area contributed by atoms with E-state index in [4.69, 9.17) is 33.1 Å². The van der Waals surface area contributed by atoms with E-state index in [1.165, 1.54) is 24.8 Å². The van der Waals surface area contributed by atoms with Gasteiger partial charge in [-0.25, -0.2) is 18.4 Å². The highest BCUT2D eigenvalue weighted by atomic mass is 35.5. The number of urea groups is 1. The number of primary sulfonamides is 1. The zero-order chi connectivity index (χ0) is 26.9. The summed E-state index contributed by atoms with van der Waals surface area (Å²) in [5, 5.41) is 15.0. The number of carbonyl (C=O) groups excluding carboxylic acids is 1. The summed E-state index contributed by atoms with van der Waals surface area (Å²) in [4.78, 5) is 12.8. The second kappa shape index (κ2) is 10.9. The molecule has 0 radical (unpaired) electrons. The fourth-order valence-corrected chi connectivity index (χ4v) is 5.82. The minimum Gasteiger partial charge on any atom is -0.495 e. The summed E-state index contributed by atoms with van der Waals surface area (Å²) in [7, 11) is -2.52. The van der Waals surface area contributed by atoms with E-state index in [1.54, 1.807) is 25.1 Å². The minimum atomic E-state index is -4.01. The number of hydrogen-bond acceptors (Lipinski definition) is 5. The number of amides is 2. The number of halogens is 2. The topological polar surface area (TPSA) is 123 Å². The lowest BCUT2D eigenvalue weighted by molar-refractivity contribution is 0.249. The van der Waals surface area contributed by atoms with Gasteiger partial charge in [0.2, 0.25) is 10.0 Å². The van der Waals surface area contributed by atoms with Crippen LogP contribution in [0.1, 0.15) is 42.6 Å². The number of anilines is 1. The Balaban J connectivity index is 1.60. The summed E-state index contributed by atoms with van der Waals surface area (Å²) in [6, 6.07) is 13.0. The Morgan fingerprint density at radius 1 is 1.14 bits per heavy atom. The lowest BCUT2D eigenvalue weighted by atomic mass is 9.91. The van der Waals surface area contributed by atoms with Crippen LogP contribution in [0.4, 0.5) is 10.5 Å². The van der Waals surface area contributed by atoms with E-state index < -0.39 is 22.1 Å². The van der Waals surface area contributed by atoms with Gasteiger partial charge in [0.25, 0.3) is 0 Å². The number of ether oxygens (including phenoxy) is 1. The van der Waals surface area contributed by atoms with Crippen molar-refractivity contribution < 1.29 is 17.9 Å². The highest BCUT2D eigenvalue weighted by Crippen LogP contribution is 2.37. The molecule has 0 spiro atoms. The fourth-order valence-electron chi connectivity index (χ4n) is 4.51. The summed E-state index contributed by atoms with van der Waals surface area (Å²) in [5.41, 5.74) is 4.45. The van der Waals surface area contributed by atoms with Crippen LogP contribution in [0.2, 0.25) is 10.0 Å². The number of rotatable bonds is 6. The van der Waals surface area contributed by atoms with Crippen LogP contribution in [0.5, 0.6) is 5.75 Å². The molecule has 3 aromatic rings. The van der Waals surface area contributed by atoms with Crippen LogP contribution in [-0.4, -0.2) is 28.1 Å². The van der Waals surface area contributed by atoms with Gasteiger partial charge in [0, 0.05) is 17.3 Å². The number of fused-ring (bicyclic) bond motifs is 1. The predicted octanol–water partition coefficient (Wildman–Crippen LogP) is 5.41. The molecule has 2 atom stereocenters. The van der Waals surface area contributed by atoms with Crippen LogP contribution >= 0.6 is 23.2 Å². The number of sulfonamides is 1. The van der Waals surface area contributed by atoms with Gasteiger partial charge in [0.05, 0.1) is 23.1 Å². The molecule has 0 saturated carbocycles. The molecule has 11 heteroatoms. The van der Waals surface area contributed by atoms with Gasteiger partial charge in [-0.1, -0.05) is 47.5 Å². The van der Waals surface area contributed by atoms with Crippen molar-refractivity contribution in [1.29, 1.82) is 0 Å². The van der Waals surface area contributed by atoms with Gasteiger partial charge < -0.3 is 20.7 Å². The molecule has 196 valence electrons. The average Bonchev–Trinajstić information content (AvgIpc) is 2.84. The van der Waals surface area contributed by atoms with Crippen LogP contribution in [0, 0.1) is 0 Å². The molecule has 1 aliphatic heterocycles. The van der Waals surface area contributed by atoms with E-state index in [9.17, 15) is 13.2 Å². The SMILES string of the molecule is COc1ccc(C(C)NC(=O)Nc2ccc(S(N)(=O)=O)c(-c3ccc4c(c3)CCNC4C)c2)c(Cl)c1Cl. The predicted molar refractivity (Wildman–Crippen MR) is 147 cm³/mol. The lowest BCUT2D eigenvalue weighted by Gasteiger charge is -2.24. The van der Waals surface area contributed by atoms with Crippen molar-refractivity contribution in [2.45, 2.75) is 37.2 Å². The molecule has 2 amide bonds. The maximum Gasteiger partial charge on any atom is 0.319 e. The third kappa shape index (κ3) is 5.86. The molecule has 37 heavy (non-hydrogen) atoms. The lowest BCUT2D eigenvalue weighted by Crippen LogP contribution is -2.31. The molecule has 0 aliphatic carbocycles. The largest absolute Gasteiger partial charge is 0.495 e. The average molecular weight is 564 g/mol. The Morgan fingerprint density at radius 2 is 1.89 bits per heavy atom. The van der Waals surface area contributed by atoms with Gasteiger partial charge in [0.15, 0.2) is 0 Å². The zero-order valence-corrected chi connectivity index (χ0v) is 22.9. The van der Waals surface area contributed by atoms with Crippen molar-refractivity contribution in [3.63, 3.8) is 0 Å². The van der Waals surface area contributed by atoms with Gasteiger partial charge in [-0.15, -0.1) is 0 Å². The molecule has 2 unspecified atom stereocenters. The molecule has 1 aliphatic rings. The first-order chi connectivity index (χ1) is 17.5. The molecule has 0 saturated heterocycles. The Morgan fingerprint density at radius 3 is 2.59 bits per heavy atom. The normalized spacial score (nSPS) is 16.0. The zero-order valence-electron chi connectivity index (χ0n) is 20.6. The molecule has 3 aromatic carbocycles. The van der Waals surface area contributed by atoms with E-state index in [-0.39, 0.29) is 21.0 Å². The van der Waals surface area contributed by atoms with Crippen molar-refractivity contribution >= 4 is 44.9 Å². The Hall–Kier alpha value is -2.82. The second-order valence-electron chi connectivity index (χ2n) is 8.90. The van der Waals surface area contributed by atoms with Crippen LogP contribution in [0.15, 0.2) is 53.4 Å². The highest BCUT2D eigenvalue weighted by Gasteiger charge is 2.21. The molecule has 5 N–H and O–H groups in total. The van der Waals surface area contributed by atoms with Gasteiger partial charge in [0.1, 0.15) is 10.8 Å². The van der Waals surface area contributed by atoms with Crippen LogP contribution in [0.3, 0.4) is 0 Å². The number of nitrogens with one attached hydrogen (secondary N) is 3. The van der Waals surface area contributed by atoms with E-state index in [1.807, 2.05) is 18.2 Å². The third-order valence-electron chi connectivity index (χ3n) is 6.42. The second-order valence-corrected chi connectivity index (χ2v) is 11.2. The Kier molecular flexibility index (Phi) is 8.01. The molecular weight excluding hydrogens is 535 g/mol. The third-order valence-corrected chi connectivity index (χ3v) is 8.27. The summed E-state index contributed by atoms with van der Waals surface area (Å²) >= 11 is 12.6. The molecule has 0 fully saturated rings. The number of carbonyl (C=O) groups is 1. The summed E-state index contributed by atoms with van der Waals surface area (Å²) < 4.78 is 29.9. The molecular formula is C26H28Cl2N4O4S. The van der Waals surface area contributed by atoms with Crippen molar-refractivity contribution in [2.24, 2.45) is 5.14 Å².